The van der Waals surface area contributed by atoms with Gasteiger partial charge in [-0.15, -0.1) is 0 Å². The molecule has 1 atom stereocenters. The zero-order chi connectivity index (χ0) is 26.4. The topological polar surface area (TPSA) is 33.6 Å². The molecule has 3 heteroatoms. The fourth-order valence-corrected chi connectivity index (χ4v) is 3.65. The molecule has 0 aromatic heterocycles. The first-order valence-electron chi connectivity index (χ1n) is 13.6. The number of allylic oxidation sites excluding steroid dienone is 1. The lowest BCUT2D eigenvalue weighted by Crippen LogP contribution is -2.39. The Morgan fingerprint density at radius 2 is 1.60 bits per heavy atom. The van der Waals surface area contributed by atoms with E-state index in [4.69, 9.17) is 9.73 Å². The second-order valence-electron chi connectivity index (χ2n) is 9.66. The summed E-state index contributed by atoms with van der Waals surface area (Å²) in [5.41, 5.74) is 7.18. The van der Waals surface area contributed by atoms with Crippen molar-refractivity contribution in [3.63, 3.8) is 0 Å². The Balaban J connectivity index is 0.00000145. The summed E-state index contributed by atoms with van der Waals surface area (Å²) in [6.07, 6.45) is 5.39. The number of para-hydroxylation sites is 1. The average molecular weight is 479 g/mol. The van der Waals surface area contributed by atoms with Crippen LogP contribution in [0.25, 0.3) is 0 Å². The molecule has 1 unspecified atom stereocenters. The van der Waals surface area contributed by atoms with Crippen molar-refractivity contribution in [2.24, 2.45) is 4.99 Å². The average Bonchev–Trinajstić information content (AvgIpc) is 3.67. The van der Waals surface area contributed by atoms with E-state index in [2.05, 4.69) is 95.4 Å². The second-order valence-corrected chi connectivity index (χ2v) is 9.66. The Hall–Kier alpha value is -2.55. The molecule has 1 fully saturated rings. The molecule has 35 heavy (non-hydrogen) atoms. The minimum atomic E-state index is -0.232. The van der Waals surface area contributed by atoms with Crippen molar-refractivity contribution in [3.8, 4) is 0 Å². The van der Waals surface area contributed by atoms with Crippen molar-refractivity contribution < 1.29 is 4.74 Å². The van der Waals surface area contributed by atoms with Gasteiger partial charge in [-0.05, 0) is 88.6 Å². The van der Waals surface area contributed by atoms with Gasteiger partial charge in [0.05, 0.1) is 11.7 Å². The number of rotatable bonds is 9. The van der Waals surface area contributed by atoms with Crippen LogP contribution in [0.3, 0.4) is 0 Å². The fourth-order valence-electron chi connectivity index (χ4n) is 3.65. The largest absolute Gasteiger partial charge is 0.474 e. The number of hydrogen-bond donors (Lipinski definition) is 1. The molecule has 1 aliphatic carbocycles. The first-order chi connectivity index (χ1) is 16.7. The summed E-state index contributed by atoms with van der Waals surface area (Å²) in [6, 6.07) is 17.4. The van der Waals surface area contributed by atoms with Crippen molar-refractivity contribution in [2.45, 2.75) is 113 Å². The number of aryl methyl sites for hydroxylation is 2. The highest BCUT2D eigenvalue weighted by atomic mass is 16.5. The lowest BCUT2D eigenvalue weighted by atomic mass is 9.99. The number of ether oxygens (including phenoxy) is 1. The molecule has 0 aliphatic heterocycles. The van der Waals surface area contributed by atoms with Gasteiger partial charge in [0.1, 0.15) is 5.60 Å². The van der Waals surface area contributed by atoms with Gasteiger partial charge >= 0.3 is 0 Å². The van der Waals surface area contributed by atoms with E-state index >= 15 is 0 Å². The van der Waals surface area contributed by atoms with E-state index in [1.54, 1.807) is 0 Å². The predicted molar refractivity (Wildman–Crippen MR) is 155 cm³/mol. The Morgan fingerprint density at radius 1 is 0.971 bits per heavy atom. The maximum absolute atomic E-state index is 6.33. The highest BCUT2D eigenvalue weighted by molar-refractivity contribution is 5.90. The second kappa shape index (κ2) is 15.4. The number of hydrogen-bond acceptors (Lipinski definition) is 3. The van der Waals surface area contributed by atoms with Crippen LogP contribution in [-0.4, -0.2) is 17.4 Å². The Kier molecular flexibility index (Phi) is 13.5. The van der Waals surface area contributed by atoms with Crippen molar-refractivity contribution in [2.75, 3.05) is 0 Å². The summed E-state index contributed by atoms with van der Waals surface area (Å²) >= 11 is 0. The van der Waals surface area contributed by atoms with Gasteiger partial charge in [-0.1, -0.05) is 83.5 Å². The maximum atomic E-state index is 6.33. The molecule has 1 saturated carbocycles. The zero-order valence-electron chi connectivity index (χ0n) is 24.1. The summed E-state index contributed by atoms with van der Waals surface area (Å²) < 4.78 is 6.33. The van der Waals surface area contributed by atoms with Crippen LogP contribution < -0.4 is 5.32 Å². The van der Waals surface area contributed by atoms with Gasteiger partial charge in [0.25, 0.3) is 0 Å². The first kappa shape index (κ1) is 30.5. The highest BCUT2D eigenvalue weighted by Crippen LogP contribution is 2.33. The molecule has 2 aromatic carbocycles. The van der Waals surface area contributed by atoms with Gasteiger partial charge in [-0.3, -0.25) is 4.99 Å². The van der Waals surface area contributed by atoms with E-state index in [9.17, 15) is 0 Å². The van der Waals surface area contributed by atoms with Crippen LogP contribution in [0.15, 0.2) is 65.0 Å². The zero-order valence-corrected chi connectivity index (χ0v) is 24.1. The van der Waals surface area contributed by atoms with Crippen LogP contribution >= 0.6 is 0 Å². The number of nitrogens with one attached hydrogen (secondary N) is 1. The summed E-state index contributed by atoms with van der Waals surface area (Å²) in [5.74, 6) is 0.946. The van der Waals surface area contributed by atoms with Crippen LogP contribution in [0.1, 0.15) is 98.3 Å². The van der Waals surface area contributed by atoms with E-state index in [1.807, 2.05) is 27.7 Å². The molecule has 3 rings (SSSR count). The molecular formula is C32H50N2O. The van der Waals surface area contributed by atoms with Crippen LogP contribution in [0.4, 0.5) is 5.69 Å². The number of nitrogens with zero attached hydrogens (tertiary/aromatic N) is 1. The van der Waals surface area contributed by atoms with Gasteiger partial charge in [0.15, 0.2) is 5.88 Å². The summed E-state index contributed by atoms with van der Waals surface area (Å²) in [6.45, 7) is 20.8. The quantitative estimate of drug-likeness (QED) is 0.288. The standard InChI is InChI=1S/C28H38N2O.2C2H6/c1-7-11-22-13-10-14-23(18-22)19-26(21(3)29-25-15-9-8-12-20(25)2)30-27(24-16-17-24)31-28(4,5)6;2*1-2/h8-10,12-15,18,26,30H,7,11,16-17,19H2,1-6H3;2*1-2H3. The van der Waals surface area contributed by atoms with Gasteiger partial charge in [0.2, 0.25) is 0 Å². The van der Waals surface area contributed by atoms with Crippen LogP contribution in [0.2, 0.25) is 0 Å². The molecule has 0 saturated heterocycles. The van der Waals surface area contributed by atoms with Crippen LogP contribution in [0, 0.1) is 6.92 Å². The normalized spacial score (nSPS) is 13.5. The third-order valence-electron chi connectivity index (χ3n) is 5.42. The monoisotopic (exact) mass is 478 g/mol. The number of benzene rings is 2. The first-order valence-corrected chi connectivity index (χ1v) is 13.6. The molecule has 1 N–H and O–H groups in total. The lowest BCUT2D eigenvalue weighted by Gasteiger charge is -2.28. The molecule has 0 amide bonds. The molecule has 194 valence electrons. The van der Waals surface area contributed by atoms with E-state index in [1.165, 1.54) is 22.3 Å². The fraction of sp³-hybridized carbons (Fsp3) is 0.531. The number of aliphatic imine (C=N–C) groups is 1. The van der Waals surface area contributed by atoms with Gasteiger partial charge in [-0.25, -0.2) is 0 Å². The summed E-state index contributed by atoms with van der Waals surface area (Å²) in [5, 5.41) is 3.74. The minimum Gasteiger partial charge on any atom is -0.474 e. The highest BCUT2D eigenvalue weighted by Gasteiger charge is 2.26. The molecule has 0 heterocycles. The van der Waals surface area contributed by atoms with Crippen molar-refractivity contribution >= 4 is 11.4 Å². The van der Waals surface area contributed by atoms with E-state index in [0.717, 1.165) is 49.4 Å². The molecule has 1 aliphatic rings. The molecule has 0 bridgehead atoms. The van der Waals surface area contributed by atoms with Gasteiger partial charge in [-0.2, -0.15) is 0 Å². The minimum absolute atomic E-state index is 0.0712. The molecule has 3 nitrogen and oxygen atoms in total. The van der Waals surface area contributed by atoms with E-state index < -0.39 is 0 Å². The Bertz CT molecular complexity index is 944. The molecule has 0 radical (unpaired) electrons. The molecular weight excluding hydrogens is 428 g/mol. The van der Waals surface area contributed by atoms with Crippen molar-refractivity contribution in [1.82, 2.24) is 5.32 Å². The van der Waals surface area contributed by atoms with Crippen LogP contribution in [-0.2, 0) is 17.6 Å². The molecule has 2 aromatic rings. The molecule has 0 spiro atoms. The van der Waals surface area contributed by atoms with Gasteiger partial charge < -0.3 is 10.1 Å². The Morgan fingerprint density at radius 3 is 2.17 bits per heavy atom. The SMILES string of the molecule is CC.CC.CCCc1cccc(CC(NC(OC(C)(C)C)=C2CC2)C(C)=Nc2ccccc2C)c1. The van der Waals surface area contributed by atoms with Crippen LogP contribution in [0.5, 0.6) is 0 Å². The predicted octanol–water partition coefficient (Wildman–Crippen LogP) is 9.11. The van der Waals surface area contributed by atoms with Gasteiger partial charge in [0, 0.05) is 5.71 Å². The van der Waals surface area contributed by atoms with Crippen molar-refractivity contribution in [3.05, 3.63) is 76.7 Å². The van der Waals surface area contributed by atoms with Crippen molar-refractivity contribution in [1.29, 1.82) is 0 Å². The maximum Gasteiger partial charge on any atom is 0.186 e. The third-order valence-corrected chi connectivity index (χ3v) is 5.42. The summed E-state index contributed by atoms with van der Waals surface area (Å²) in [7, 11) is 0. The third kappa shape index (κ3) is 11.2. The van der Waals surface area contributed by atoms with E-state index in [0.29, 0.717) is 0 Å². The lowest BCUT2D eigenvalue weighted by molar-refractivity contribution is 0.0382. The van der Waals surface area contributed by atoms with E-state index in [-0.39, 0.29) is 11.6 Å². The smallest absolute Gasteiger partial charge is 0.186 e. The summed E-state index contributed by atoms with van der Waals surface area (Å²) in [4.78, 5) is 5.02. The Labute approximate surface area is 216 Å².